The molecule has 0 bridgehead atoms. The average molecular weight is 526 g/mol. The second-order valence-corrected chi connectivity index (χ2v) is 7.09. The highest BCUT2D eigenvalue weighted by atomic mass is 127. The topological polar surface area (TPSA) is 55.8 Å². The van der Waals surface area contributed by atoms with Gasteiger partial charge in [0.2, 0.25) is 0 Å². The summed E-state index contributed by atoms with van der Waals surface area (Å²) in [6.45, 7) is 10.1. The van der Waals surface area contributed by atoms with Gasteiger partial charge in [-0.2, -0.15) is 0 Å². The Balaban J connectivity index is 0.00000320. The van der Waals surface area contributed by atoms with Crippen LogP contribution in [-0.4, -0.2) is 50.2 Å². The van der Waals surface area contributed by atoms with Gasteiger partial charge < -0.3 is 20.4 Å². The number of rotatable bonds is 7. The first-order chi connectivity index (χ1) is 14.2. The summed E-state index contributed by atoms with van der Waals surface area (Å²) in [7, 11) is 0. The van der Waals surface area contributed by atoms with Crippen LogP contribution in [0.25, 0.3) is 0 Å². The maximum atomic E-state index is 13.1. The molecule has 1 fully saturated rings. The zero-order valence-electron chi connectivity index (χ0n) is 17.8. The van der Waals surface area contributed by atoms with Gasteiger partial charge in [-0.05, 0) is 55.3 Å². The molecule has 0 amide bonds. The molecule has 0 radical (unpaired) electrons. The van der Waals surface area contributed by atoms with E-state index in [0.29, 0.717) is 6.54 Å². The summed E-state index contributed by atoms with van der Waals surface area (Å²) in [4.78, 5) is 13.8. The predicted octanol–water partition coefficient (Wildman–Crippen LogP) is 3.63. The van der Waals surface area contributed by atoms with Crippen molar-refractivity contribution >= 4 is 41.4 Å². The Kier molecular flexibility index (Phi) is 10.1. The summed E-state index contributed by atoms with van der Waals surface area (Å²) < 4.78 is 13.1. The van der Waals surface area contributed by atoms with Crippen LogP contribution in [0.2, 0.25) is 0 Å². The van der Waals surface area contributed by atoms with E-state index in [9.17, 15) is 4.39 Å². The van der Waals surface area contributed by atoms with Gasteiger partial charge in [0.15, 0.2) is 5.96 Å². The molecular formula is C22H32FIN6. The molecule has 0 aliphatic carbocycles. The van der Waals surface area contributed by atoms with Crippen LogP contribution in [0.3, 0.4) is 0 Å². The summed E-state index contributed by atoms with van der Waals surface area (Å²) in [6.07, 6.45) is 2.92. The Labute approximate surface area is 196 Å². The molecule has 6 nitrogen and oxygen atoms in total. The molecule has 8 heteroatoms. The van der Waals surface area contributed by atoms with Crippen LogP contribution < -0.4 is 20.4 Å². The first-order valence-corrected chi connectivity index (χ1v) is 10.4. The van der Waals surface area contributed by atoms with Gasteiger partial charge in [0.1, 0.15) is 11.6 Å². The van der Waals surface area contributed by atoms with Gasteiger partial charge in [-0.1, -0.05) is 6.92 Å². The quantitative estimate of drug-likeness (QED) is 0.328. The number of aliphatic imine (C=N–C) groups is 1. The third kappa shape index (κ3) is 7.00. The van der Waals surface area contributed by atoms with E-state index in [4.69, 9.17) is 0 Å². The fourth-order valence-corrected chi connectivity index (χ4v) is 3.33. The van der Waals surface area contributed by atoms with Crippen LogP contribution >= 0.6 is 24.0 Å². The molecule has 0 atom stereocenters. The van der Waals surface area contributed by atoms with Gasteiger partial charge in [-0.25, -0.2) is 14.4 Å². The second-order valence-electron chi connectivity index (χ2n) is 7.09. The molecule has 2 N–H and O–H groups in total. The van der Waals surface area contributed by atoms with Crippen LogP contribution in [-0.2, 0) is 6.54 Å². The van der Waals surface area contributed by atoms with E-state index in [2.05, 4.69) is 50.3 Å². The van der Waals surface area contributed by atoms with Crippen LogP contribution in [0.15, 0.2) is 47.6 Å². The smallest absolute Gasteiger partial charge is 0.191 e. The number of piperazine rings is 1. The highest BCUT2D eigenvalue weighted by molar-refractivity contribution is 14.0. The number of guanidine groups is 1. The van der Waals surface area contributed by atoms with Crippen molar-refractivity contribution in [1.29, 1.82) is 0 Å². The molecule has 0 spiro atoms. The minimum atomic E-state index is -0.196. The number of halogens is 2. The SMILES string of the molecule is CCCNC(=NCc1ccnc(N2CCN(c3ccc(F)cc3)CC2)c1)NCC.I. The van der Waals surface area contributed by atoms with Crippen molar-refractivity contribution in [3.63, 3.8) is 0 Å². The monoisotopic (exact) mass is 526 g/mol. The maximum Gasteiger partial charge on any atom is 0.191 e. The lowest BCUT2D eigenvalue weighted by Crippen LogP contribution is -2.46. The number of hydrogen-bond donors (Lipinski definition) is 2. The summed E-state index contributed by atoms with van der Waals surface area (Å²) in [5.74, 6) is 1.64. The number of nitrogens with zero attached hydrogens (tertiary/aromatic N) is 4. The highest BCUT2D eigenvalue weighted by Gasteiger charge is 2.18. The van der Waals surface area contributed by atoms with Gasteiger partial charge in [0.05, 0.1) is 6.54 Å². The summed E-state index contributed by atoms with van der Waals surface area (Å²) in [5.41, 5.74) is 2.21. The van der Waals surface area contributed by atoms with Gasteiger partial charge in [-0.15, -0.1) is 24.0 Å². The molecule has 1 aliphatic heterocycles. The fraction of sp³-hybridized carbons (Fsp3) is 0.455. The number of anilines is 2. The number of pyridine rings is 1. The Bertz CT molecular complexity index is 790. The van der Waals surface area contributed by atoms with Crippen LogP contribution in [0.5, 0.6) is 0 Å². The minimum Gasteiger partial charge on any atom is -0.368 e. The van der Waals surface area contributed by atoms with E-state index >= 15 is 0 Å². The van der Waals surface area contributed by atoms with Crippen molar-refractivity contribution in [1.82, 2.24) is 15.6 Å². The van der Waals surface area contributed by atoms with Crippen molar-refractivity contribution in [2.45, 2.75) is 26.8 Å². The molecule has 1 aliphatic rings. The molecule has 164 valence electrons. The van der Waals surface area contributed by atoms with E-state index in [-0.39, 0.29) is 29.8 Å². The first-order valence-electron chi connectivity index (χ1n) is 10.4. The standard InChI is InChI=1S/C22H31FN6.HI/c1-3-10-26-22(24-4-2)27-17-18-9-11-25-21(16-18)29-14-12-28(13-15-29)20-7-5-19(23)6-8-20;/h5-9,11,16H,3-4,10,12-15,17H2,1-2H3,(H2,24,26,27);1H. The lowest BCUT2D eigenvalue weighted by Gasteiger charge is -2.36. The third-order valence-corrected chi connectivity index (χ3v) is 4.91. The van der Waals surface area contributed by atoms with E-state index in [1.807, 2.05) is 24.4 Å². The molecule has 2 aromatic rings. The van der Waals surface area contributed by atoms with Gasteiger partial charge in [0, 0.05) is 51.2 Å². The molecule has 30 heavy (non-hydrogen) atoms. The Morgan fingerprint density at radius 1 is 1.03 bits per heavy atom. The molecule has 1 saturated heterocycles. The minimum absolute atomic E-state index is 0. The average Bonchev–Trinajstić information content (AvgIpc) is 2.76. The van der Waals surface area contributed by atoms with E-state index in [1.54, 1.807) is 0 Å². The number of benzene rings is 1. The van der Waals surface area contributed by atoms with Crippen molar-refractivity contribution in [2.24, 2.45) is 4.99 Å². The number of aromatic nitrogens is 1. The molecule has 0 saturated carbocycles. The molecule has 1 aromatic carbocycles. The van der Waals surface area contributed by atoms with Gasteiger partial charge in [-0.3, -0.25) is 0 Å². The van der Waals surface area contributed by atoms with Crippen LogP contribution in [0.4, 0.5) is 15.9 Å². The molecule has 2 heterocycles. The molecule has 1 aromatic heterocycles. The van der Waals surface area contributed by atoms with Crippen LogP contribution in [0.1, 0.15) is 25.8 Å². The lowest BCUT2D eigenvalue weighted by molar-refractivity contribution is 0.624. The lowest BCUT2D eigenvalue weighted by atomic mass is 10.2. The number of hydrogen-bond acceptors (Lipinski definition) is 4. The van der Waals surface area contributed by atoms with Crippen LogP contribution in [0, 0.1) is 5.82 Å². The summed E-state index contributed by atoms with van der Waals surface area (Å²) >= 11 is 0. The van der Waals surface area contributed by atoms with Crippen molar-refractivity contribution in [3.05, 3.63) is 54.0 Å². The third-order valence-electron chi connectivity index (χ3n) is 4.91. The first kappa shape index (κ1) is 24.2. The molecule has 0 unspecified atom stereocenters. The van der Waals surface area contributed by atoms with Gasteiger partial charge >= 0.3 is 0 Å². The van der Waals surface area contributed by atoms with E-state index in [0.717, 1.165) is 68.7 Å². The maximum absolute atomic E-state index is 13.1. The van der Waals surface area contributed by atoms with E-state index < -0.39 is 0 Å². The molecule has 3 rings (SSSR count). The second kappa shape index (κ2) is 12.6. The zero-order valence-corrected chi connectivity index (χ0v) is 20.1. The largest absolute Gasteiger partial charge is 0.368 e. The molecular weight excluding hydrogens is 494 g/mol. The predicted molar refractivity (Wildman–Crippen MR) is 134 cm³/mol. The zero-order chi connectivity index (χ0) is 20.5. The Morgan fingerprint density at radius 3 is 2.40 bits per heavy atom. The Hall–Kier alpha value is -2.10. The van der Waals surface area contributed by atoms with E-state index in [1.165, 1.54) is 12.1 Å². The van der Waals surface area contributed by atoms with Gasteiger partial charge in [0.25, 0.3) is 0 Å². The summed E-state index contributed by atoms with van der Waals surface area (Å²) in [6, 6.07) is 10.9. The number of nitrogens with one attached hydrogen (secondary N) is 2. The van der Waals surface area contributed by atoms with Crippen molar-refractivity contribution in [3.8, 4) is 0 Å². The Morgan fingerprint density at radius 2 is 1.73 bits per heavy atom. The normalized spacial score (nSPS) is 14.3. The fourth-order valence-electron chi connectivity index (χ4n) is 3.33. The highest BCUT2D eigenvalue weighted by Crippen LogP contribution is 2.20. The van der Waals surface area contributed by atoms with Crippen molar-refractivity contribution < 1.29 is 4.39 Å². The summed E-state index contributed by atoms with van der Waals surface area (Å²) in [5, 5.41) is 6.60. The van der Waals surface area contributed by atoms with Crippen molar-refractivity contribution in [2.75, 3.05) is 49.1 Å².